The van der Waals surface area contributed by atoms with E-state index in [9.17, 15) is 4.79 Å². The normalized spacial score (nSPS) is 17.1. The van der Waals surface area contributed by atoms with Crippen molar-refractivity contribution in [2.24, 2.45) is 0 Å². The van der Waals surface area contributed by atoms with Crippen molar-refractivity contribution in [1.82, 2.24) is 4.98 Å². The number of ether oxygens (including phenoxy) is 1. The fourth-order valence-corrected chi connectivity index (χ4v) is 2.53. The lowest BCUT2D eigenvalue weighted by atomic mass is 10.1. The van der Waals surface area contributed by atoms with Gasteiger partial charge in [-0.3, -0.25) is 9.69 Å². The van der Waals surface area contributed by atoms with Crippen LogP contribution in [0.2, 0.25) is 5.02 Å². The molecule has 1 amide bonds. The number of nitrogen functional groups attached to an aromatic ring is 1. The maximum Gasteiger partial charge on any atom is 0.269 e. The number of amides is 1. The molecular formula is C16H16ClN3O2. The highest BCUT2D eigenvalue weighted by atomic mass is 35.5. The molecule has 0 radical (unpaired) electrons. The van der Waals surface area contributed by atoms with Crippen LogP contribution >= 0.6 is 11.6 Å². The summed E-state index contributed by atoms with van der Waals surface area (Å²) in [5.41, 5.74) is 6.71. The Hall–Kier alpha value is -2.27. The molecule has 2 N–H and O–H groups in total. The third-order valence-electron chi connectivity index (χ3n) is 3.55. The molecule has 2 aromatic rings. The summed E-state index contributed by atoms with van der Waals surface area (Å²) >= 11 is 5.90. The number of aromatic nitrogens is 1. The lowest BCUT2D eigenvalue weighted by molar-refractivity contribution is -0.126. The molecule has 1 aliphatic heterocycles. The van der Waals surface area contributed by atoms with E-state index in [0.717, 1.165) is 5.56 Å². The summed E-state index contributed by atoms with van der Waals surface area (Å²) in [6.07, 6.45) is 0.102. The van der Waals surface area contributed by atoms with Crippen LogP contribution in [0.15, 0.2) is 36.4 Å². The number of benzene rings is 1. The summed E-state index contributed by atoms with van der Waals surface area (Å²) < 4.78 is 5.71. The topological polar surface area (TPSA) is 68.5 Å². The molecule has 0 saturated carbocycles. The SMILES string of the molecule is CCC1Oc2ccc(N)nc2N(Cc2ccc(Cl)cc2)C1=O. The van der Waals surface area contributed by atoms with Crippen molar-refractivity contribution < 1.29 is 9.53 Å². The van der Waals surface area contributed by atoms with Crippen LogP contribution in [0.25, 0.3) is 0 Å². The Morgan fingerprint density at radius 1 is 1.27 bits per heavy atom. The van der Waals surface area contributed by atoms with Crippen molar-refractivity contribution in [1.29, 1.82) is 0 Å². The van der Waals surface area contributed by atoms with Gasteiger partial charge in [-0.05, 0) is 36.2 Å². The van der Waals surface area contributed by atoms with E-state index >= 15 is 0 Å². The van der Waals surface area contributed by atoms with Crippen molar-refractivity contribution >= 4 is 29.1 Å². The van der Waals surface area contributed by atoms with E-state index in [1.807, 2.05) is 19.1 Å². The Kier molecular flexibility index (Phi) is 3.90. The lowest BCUT2D eigenvalue weighted by Gasteiger charge is -2.33. The van der Waals surface area contributed by atoms with Crippen LogP contribution < -0.4 is 15.4 Å². The molecule has 0 saturated heterocycles. The van der Waals surface area contributed by atoms with E-state index < -0.39 is 6.10 Å². The predicted octanol–water partition coefficient (Wildman–Crippen LogP) is 3.02. The van der Waals surface area contributed by atoms with Crippen LogP contribution in [0.3, 0.4) is 0 Å². The zero-order chi connectivity index (χ0) is 15.7. The largest absolute Gasteiger partial charge is 0.477 e. The van der Waals surface area contributed by atoms with Gasteiger partial charge in [-0.15, -0.1) is 0 Å². The summed E-state index contributed by atoms with van der Waals surface area (Å²) in [7, 11) is 0. The first-order valence-electron chi connectivity index (χ1n) is 7.07. The van der Waals surface area contributed by atoms with Crippen molar-refractivity contribution in [2.75, 3.05) is 10.6 Å². The predicted molar refractivity (Wildman–Crippen MR) is 86.0 cm³/mol. The first kappa shape index (κ1) is 14.7. The molecule has 3 rings (SSSR count). The van der Waals surface area contributed by atoms with Gasteiger partial charge >= 0.3 is 0 Å². The molecule has 0 spiro atoms. The Labute approximate surface area is 133 Å². The molecule has 1 aromatic heterocycles. The highest BCUT2D eigenvalue weighted by Crippen LogP contribution is 2.34. The number of pyridine rings is 1. The minimum Gasteiger partial charge on any atom is -0.477 e. The van der Waals surface area contributed by atoms with Crippen LogP contribution in [0, 0.1) is 0 Å². The summed E-state index contributed by atoms with van der Waals surface area (Å²) in [6.45, 7) is 2.32. The number of halogens is 1. The monoisotopic (exact) mass is 317 g/mol. The molecule has 1 atom stereocenters. The Morgan fingerprint density at radius 3 is 2.68 bits per heavy atom. The zero-order valence-corrected chi connectivity index (χ0v) is 12.9. The summed E-state index contributed by atoms with van der Waals surface area (Å²) in [6, 6.07) is 10.8. The van der Waals surface area contributed by atoms with Gasteiger partial charge in [0.2, 0.25) is 0 Å². The molecule has 0 bridgehead atoms. The number of nitrogens with zero attached hydrogens (tertiary/aromatic N) is 2. The van der Waals surface area contributed by atoms with Crippen molar-refractivity contribution in [2.45, 2.75) is 26.0 Å². The highest BCUT2D eigenvalue weighted by Gasteiger charge is 2.34. The van der Waals surface area contributed by atoms with Gasteiger partial charge in [-0.25, -0.2) is 4.98 Å². The molecule has 6 heteroatoms. The van der Waals surface area contributed by atoms with Crippen LogP contribution in [0.4, 0.5) is 11.6 Å². The number of fused-ring (bicyclic) bond motifs is 1. The van der Waals surface area contributed by atoms with E-state index in [2.05, 4.69) is 4.98 Å². The van der Waals surface area contributed by atoms with Crippen molar-refractivity contribution in [3.8, 4) is 5.75 Å². The first-order chi connectivity index (χ1) is 10.6. The van der Waals surface area contributed by atoms with Crippen LogP contribution in [0.5, 0.6) is 5.75 Å². The number of rotatable bonds is 3. The fourth-order valence-electron chi connectivity index (χ4n) is 2.40. The molecule has 5 nitrogen and oxygen atoms in total. The molecule has 0 fully saturated rings. The van der Waals surface area contributed by atoms with Gasteiger partial charge in [0.1, 0.15) is 5.82 Å². The molecule has 1 unspecified atom stereocenters. The zero-order valence-electron chi connectivity index (χ0n) is 12.1. The molecule has 22 heavy (non-hydrogen) atoms. The van der Waals surface area contributed by atoms with Crippen LogP contribution in [-0.2, 0) is 11.3 Å². The summed E-state index contributed by atoms with van der Waals surface area (Å²) in [4.78, 5) is 18.5. The van der Waals surface area contributed by atoms with E-state index in [0.29, 0.717) is 35.4 Å². The smallest absolute Gasteiger partial charge is 0.269 e. The standard InChI is InChI=1S/C16H16ClN3O2/c1-2-12-16(21)20(9-10-3-5-11(17)6-4-10)15-13(22-12)7-8-14(18)19-15/h3-8,12H,2,9H2,1H3,(H2,18,19). The molecule has 114 valence electrons. The lowest BCUT2D eigenvalue weighted by Crippen LogP contribution is -2.45. The summed E-state index contributed by atoms with van der Waals surface area (Å²) in [5.74, 6) is 1.29. The van der Waals surface area contributed by atoms with Gasteiger partial charge < -0.3 is 10.5 Å². The Balaban J connectivity index is 1.98. The Bertz CT molecular complexity index is 703. The first-order valence-corrected chi connectivity index (χ1v) is 7.45. The van der Waals surface area contributed by atoms with Gasteiger partial charge in [0.05, 0.1) is 6.54 Å². The molecule has 1 aliphatic rings. The number of hydrogen-bond donors (Lipinski definition) is 1. The highest BCUT2D eigenvalue weighted by molar-refractivity contribution is 6.30. The molecule has 2 heterocycles. The van der Waals surface area contributed by atoms with Gasteiger partial charge in [-0.1, -0.05) is 30.7 Å². The third-order valence-corrected chi connectivity index (χ3v) is 3.80. The second-order valence-electron chi connectivity index (χ2n) is 5.12. The average molecular weight is 318 g/mol. The fraction of sp³-hybridized carbons (Fsp3) is 0.250. The Morgan fingerprint density at radius 2 is 2.00 bits per heavy atom. The maximum atomic E-state index is 12.6. The van der Waals surface area contributed by atoms with Crippen LogP contribution in [0.1, 0.15) is 18.9 Å². The summed E-state index contributed by atoms with van der Waals surface area (Å²) in [5, 5.41) is 0.659. The van der Waals surface area contributed by atoms with Crippen LogP contribution in [-0.4, -0.2) is 17.0 Å². The third kappa shape index (κ3) is 2.72. The second kappa shape index (κ2) is 5.85. The van der Waals surface area contributed by atoms with Gasteiger partial charge in [0.25, 0.3) is 5.91 Å². The maximum absolute atomic E-state index is 12.6. The van der Waals surface area contributed by atoms with Gasteiger partial charge in [-0.2, -0.15) is 0 Å². The van der Waals surface area contributed by atoms with E-state index in [-0.39, 0.29) is 5.91 Å². The van der Waals surface area contributed by atoms with E-state index in [1.54, 1.807) is 29.2 Å². The number of nitrogens with two attached hydrogens (primary N) is 1. The van der Waals surface area contributed by atoms with E-state index in [1.165, 1.54) is 0 Å². The second-order valence-corrected chi connectivity index (χ2v) is 5.56. The average Bonchev–Trinajstić information content (AvgIpc) is 2.52. The quantitative estimate of drug-likeness (QED) is 0.944. The number of carbonyl (C=O) groups is 1. The number of hydrogen-bond acceptors (Lipinski definition) is 4. The number of anilines is 2. The minimum absolute atomic E-state index is 0.108. The molecular weight excluding hydrogens is 302 g/mol. The molecule has 0 aliphatic carbocycles. The van der Waals surface area contributed by atoms with Gasteiger partial charge in [0.15, 0.2) is 17.7 Å². The molecule has 1 aromatic carbocycles. The van der Waals surface area contributed by atoms with Crippen molar-refractivity contribution in [3.05, 3.63) is 47.0 Å². The van der Waals surface area contributed by atoms with Gasteiger partial charge in [0, 0.05) is 5.02 Å². The minimum atomic E-state index is -0.495. The van der Waals surface area contributed by atoms with E-state index in [4.69, 9.17) is 22.1 Å². The number of carbonyl (C=O) groups excluding carboxylic acids is 1. The van der Waals surface area contributed by atoms with Crippen molar-refractivity contribution in [3.63, 3.8) is 0 Å².